The van der Waals surface area contributed by atoms with Crippen LogP contribution < -0.4 is 10.6 Å². The number of amides is 1. The second-order valence-corrected chi connectivity index (χ2v) is 5.91. The van der Waals surface area contributed by atoms with Crippen molar-refractivity contribution in [3.63, 3.8) is 0 Å². The molecule has 0 aliphatic carbocycles. The Balaban J connectivity index is 2.19. The second-order valence-electron chi connectivity index (χ2n) is 4.76. The summed E-state index contributed by atoms with van der Waals surface area (Å²) >= 11 is 1.81. The van der Waals surface area contributed by atoms with Gasteiger partial charge in [0.05, 0.1) is 10.5 Å². The quantitative estimate of drug-likeness (QED) is 0.638. The summed E-state index contributed by atoms with van der Waals surface area (Å²) in [5.41, 5.74) is 0.0430. The van der Waals surface area contributed by atoms with Crippen LogP contribution in [-0.2, 0) is 0 Å². The van der Waals surface area contributed by atoms with Gasteiger partial charge in [-0.2, -0.15) is 11.8 Å². The molecule has 1 unspecified atom stereocenters. The van der Waals surface area contributed by atoms with Crippen molar-refractivity contribution in [2.24, 2.45) is 0 Å². The number of carbonyl (C=O) groups is 1. The highest BCUT2D eigenvalue weighted by molar-refractivity contribution is 7.99. The third kappa shape index (κ3) is 4.07. The van der Waals surface area contributed by atoms with E-state index < -0.39 is 4.92 Å². The van der Waals surface area contributed by atoms with Gasteiger partial charge < -0.3 is 10.6 Å². The minimum absolute atomic E-state index is 0.116. The van der Waals surface area contributed by atoms with Crippen molar-refractivity contribution in [3.8, 4) is 0 Å². The molecule has 1 aromatic rings. The monoisotopic (exact) mass is 310 g/mol. The SMILES string of the molecule is CCNc1ncc([N+](=O)[O-])cc1C(=O)NC1CCCSC1. The molecule has 1 fully saturated rings. The van der Waals surface area contributed by atoms with Gasteiger partial charge in [-0.3, -0.25) is 14.9 Å². The lowest BCUT2D eigenvalue weighted by molar-refractivity contribution is -0.385. The van der Waals surface area contributed by atoms with Crippen LogP contribution in [0.2, 0.25) is 0 Å². The third-order valence-corrected chi connectivity index (χ3v) is 4.38. The van der Waals surface area contributed by atoms with Gasteiger partial charge in [-0.25, -0.2) is 4.98 Å². The smallest absolute Gasteiger partial charge is 0.288 e. The minimum Gasteiger partial charge on any atom is -0.370 e. The summed E-state index contributed by atoms with van der Waals surface area (Å²) < 4.78 is 0. The molecule has 7 nitrogen and oxygen atoms in total. The summed E-state index contributed by atoms with van der Waals surface area (Å²) in [6.45, 7) is 2.47. The lowest BCUT2D eigenvalue weighted by atomic mass is 10.1. The van der Waals surface area contributed by atoms with Gasteiger partial charge in [0.25, 0.3) is 11.6 Å². The molecular weight excluding hydrogens is 292 g/mol. The van der Waals surface area contributed by atoms with Crippen molar-refractivity contribution in [1.29, 1.82) is 0 Å². The molecule has 0 radical (unpaired) electrons. The van der Waals surface area contributed by atoms with Crippen molar-refractivity contribution in [1.82, 2.24) is 10.3 Å². The van der Waals surface area contributed by atoms with Crippen molar-refractivity contribution in [3.05, 3.63) is 27.9 Å². The fourth-order valence-corrected chi connectivity index (χ4v) is 3.22. The molecule has 0 spiro atoms. The highest BCUT2D eigenvalue weighted by Gasteiger charge is 2.21. The van der Waals surface area contributed by atoms with Crippen LogP contribution in [0.15, 0.2) is 12.3 Å². The lowest BCUT2D eigenvalue weighted by Crippen LogP contribution is -2.38. The number of carbonyl (C=O) groups excluding carboxylic acids is 1. The average Bonchev–Trinajstić information content (AvgIpc) is 2.48. The van der Waals surface area contributed by atoms with E-state index >= 15 is 0 Å². The molecule has 1 aromatic heterocycles. The first-order valence-electron chi connectivity index (χ1n) is 6.88. The third-order valence-electron chi connectivity index (χ3n) is 3.17. The first kappa shape index (κ1) is 15.6. The maximum absolute atomic E-state index is 12.4. The van der Waals surface area contributed by atoms with E-state index in [0.717, 1.165) is 30.5 Å². The Morgan fingerprint density at radius 1 is 1.62 bits per heavy atom. The highest BCUT2D eigenvalue weighted by atomic mass is 32.2. The van der Waals surface area contributed by atoms with E-state index in [4.69, 9.17) is 0 Å². The van der Waals surface area contributed by atoms with Crippen molar-refractivity contribution < 1.29 is 9.72 Å². The van der Waals surface area contributed by atoms with Gasteiger partial charge in [-0.1, -0.05) is 0 Å². The van der Waals surface area contributed by atoms with Gasteiger partial charge in [-0.15, -0.1) is 0 Å². The first-order chi connectivity index (χ1) is 10.1. The van der Waals surface area contributed by atoms with Crippen LogP contribution in [0.5, 0.6) is 0 Å². The van der Waals surface area contributed by atoms with E-state index in [0.29, 0.717) is 12.4 Å². The summed E-state index contributed by atoms with van der Waals surface area (Å²) in [4.78, 5) is 26.6. The number of nitrogens with zero attached hydrogens (tertiary/aromatic N) is 2. The van der Waals surface area contributed by atoms with E-state index in [2.05, 4.69) is 15.6 Å². The van der Waals surface area contributed by atoms with E-state index in [9.17, 15) is 14.9 Å². The number of thioether (sulfide) groups is 1. The van der Waals surface area contributed by atoms with Crippen molar-refractivity contribution in [2.75, 3.05) is 23.4 Å². The lowest BCUT2D eigenvalue weighted by Gasteiger charge is -2.22. The van der Waals surface area contributed by atoms with Crippen LogP contribution in [0.25, 0.3) is 0 Å². The molecular formula is C13H18N4O3S. The van der Waals surface area contributed by atoms with Crippen LogP contribution >= 0.6 is 11.8 Å². The maximum Gasteiger partial charge on any atom is 0.288 e. The summed E-state index contributed by atoms with van der Waals surface area (Å²) in [6, 6.07) is 1.39. The molecule has 0 saturated carbocycles. The molecule has 114 valence electrons. The molecule has 2 N–H and O–H groups in total. The van der Waals surface area contributed by atoms with Crippen LogP contribution in [-0.4, -0.2) is 39.9 Å². The van der Waals surface area contributed by atoms with Gasteiger partial charge in [-0.05, 0) is 25.5 Å². The molecule has 1 aliphatic rings. The Hall–Kier alpha value is -1.83. The number of hydrogen-bond donors (Lipinski definition) is 2. The van der Waals surface area contributed by atoms with Crippen LogP contribution in [0.3, 0.4) is 0 Å². The average molecular weight is 310 g/mol. The number of aromatic nitrogens is 1. The Morgan fingerprint density at radius 2 is 2.43 bits per heavy atom. The summed E-state index contributed by atoms with van der Waals surface area (Å²) in [7, 11) is 0. The Morgan fingerprint density at radius 3 is 3.05 bits per heavy atom. The normalized spacial score (nSPS) is 18.0. The van der Waals surface area contributed by atoms with Gasteiger partial charge in [0.2, 0.25) is 0 Å². The topological polar surface area (TPSA) is 97.2 Å². The summed E-state index contributed by atoms with van der Waals surface area (Å²) in [6.07, 6.45) is 3.17. The maximum atomic E-state index is 12.4. The predicted octanol–water partition coefficient (Wildman–Crippen LogP) is 2.05. The molecule has 8 heteroatoms. The molecule has 21 heavy (non-hydrogen) atoms. The molecule has 1 amide bonds. The van der Waals surface area contributed by atoms with Crippen LogP contribution in [0.4, 0.5) is 11.5 Å². The van der Waals surface area contributed by atoms with E-state index in [-0.39, 0.29) is 23.2 Å². The number of hydrogen-bond acceptors (Lipinski definition) is 6. The number of rotatable bonds is 5. The molecule has 0 aromatic carbocycles. The van der Waals surface area contributed by atoms with E-state index in [1.54, 1.807) is 0 Å². The Bertz CT molecular complexity index is 532. The fraction of sp³-hybridized carbons (Fsp3) is 0.538. The zero-order valence-electron chi connectivity index (χ0n) is 11.8. The molecule has 2 rings (SSSR count). The van der Waals surface area contributed by atoms with Crippen molar-refractivity contribution in [2.45, 2.75) is 25.8 Å². The Kier molecular flexibility index (Phi) is 5.38. The van der Waals surface area contributed by atoms with Gasteiger partial charge in [0, 0.05) is 24.4 Å². The predicted molar refractivity (Wildman–Crippen MR) is 82.9 cm³/mol. The molecule has 2 heterocycles. The van der Waals surface area contributed by atoms with Gasteiger partial charge in [0.1, 0.15) is 12.0 Å². The zero-order valence-corrected chi connectivity index (χ0v) is 12.6. The fourth-order valence-electron chi connectivity index (χ4n) is 2.15. The van der Waals surface area contributed by atoms with E-state index in [1.807, 2.05) is 18.7 Å². The minimum atomic E-state index is -0.546. The van der Waals surface area contributed by atoms with Crippen molar-refractivity contribution >= 4 is 29.2 Å². The van der Waals surface area contributed by atoms with Crippen LogP contribution in [0, 0.1) is 10.1 Å². The largest absolute Gasteiger partial charge is 0.370 e. The Labute approximate surface area is 127 Å². The summed E-state index contributed by atoms with van der Waals surface area (Å²) in [5.74, 6) is 2.07. The van der Waals surface area contributed by atoms with E-state index in [1.165, 1.54) is 6.07 Å². The molecule has 0 bridgehead atoms. The number of nitrogens with one attached hydrogen (secondary N) is 2. The molecule has 1 atom stereocenters. The highest BCUT2D eigenvalue weighted by Crippen LogP contribution is 2.21. The van der Waals surface area contributed by atoms with Crippen LogP contribution in [0.1, 0.15) is 30.1 Å². The first-order valence-corrected chi connectivity index (χ1v) is 8.04. The second kappa shape index (κ2) is 7.26. The number of nitro groups is 1. The number of pyridine rings is 1. The molecule has 1 aliphatic heterocycles. The van der Waals surface area contributed by atoms with Gasteiger partial charge in [0.15, 0.2) is 0 Å². The summed E-state index contributed by atoms with van der Waals surface area (Å²) in [5, 5.41) is 16.7. The molecule has 1 saturated heterocycles. The standard InChI is InChI=1S/C13H18N4O3S/c1-2-14-12-11(6-10(7-15-12)17(19)20)13(18)16-9-4-3-5-21-8-9/h6-7,9H,2-5,8H2,1H3,(H,14,15)(H,16,18). The van der Waals surface area contributed by atoms with Gasteiger partial charge >= 0.3 is 0 Å². The zero-order chi connectivity index (χ0) is 15.2. The number of anilines is 1.